The van der Waals surface area contributed by atoms with Crippen molar-refractivity contribution in [3.63, 3.8) is 0 Å². The maximum atomic E-state index is 14.9. The molecule has 1 fully saturated rings. The summed E-state index contributed by atoms with van der Waals surface area (Å²) in [5.74, 6) is 0. The Hall–Kier alpha value is -1.71. The minimum absolute atomic E-state index is 0.343. The zero-order chi connectivity index (χ0) is 18.0. The molecule has 8 heteroatoms. The fraction of sp³-hybridized carbons (Fsp3) is 0.222. The van der Waals surface area contributed by atoms with Crippen LogP contribution in [0.3, 0.4) is 0 Å². The largest absolute Gasteiger partial charge is 0.359 e. The van der Waals surface area contributed by atoms with E-state index in [1.807, 2.05) is 36.5 Å². The fourth-order valence-corrected chi connectivity index (χ4v) is 5.12. The van der Waals surface area contributed by atoms with Crippen LogP contribution in [-0.4, -0.2) is 40.0 Å². The van der Waals surface area contributed by atoms with Crippen LogP contribution >= 0.6 is 22.8 Å². The Morgan fingerprint density at radius 3 is 2.62 bits per heavy atom. The zero-order valence-electron chi connectivity index (χ0n) is 14.1. The Morgan fingerprint density at radius 2 is 1.85 bits per heavy atom. The number of aromatic nitrogens is 1. The van der Waals surface area contributed by atoms with E-state index in [1.165, 1.54) is 16.3 Å². The van der Waals surface area contributed by atoms with E-state index in [4.69, 9.17) is 0 Å². The number of hydrogen-bond donors (Lipinski definition) is 4. The number of H-pyrrole nitrogens is 1. The normalized spacial score (nSPS) is 19.2. The Bertz CT molecular complexity index is 878. The monoisotopic (exact) mass is 392 g/mol. The molecule has 4 N–H and O–H groups in total. The van der Waals surface area contributed by atoms with Crippen LogP contribution in [0.2, 0.25) is 0 Å². The van der Waals surface area contributed by atoms with Gasteiger partial charge in [0.1, 0.15) is 10.9 Å². The van der Waals surface area contributed by atoms with Crippen LogP contribution in [0, 0.1) is 0 Å². The molecule has 1 aliphatic rings. The van der Waals surface area contributed by atoms with E-state index in [9.17, 15) is 8.44 Å². The van der Waals surface area contributed by atoms with Crippen LogP contribution < -0.4 is 10.0 Å². The molecule has 2 aromatic carbocycles. The topological polar surface area (TPSA) is 63.3 Å². The number of para-hydroxylation sites is 1. The molecule has 2 heterocycles. The van der Waals surface area contributed by atoms with Crippen molar-refractivity contribution < 1.29 is 8.44 Å². The van der Waals surface area contributed by atoms with Crippen molar-refractivity contribution in [1.29, 1.82) is 0 Å². The predicted octanol–water partition coefficient (Wildman–Crippen LogP) is 4.63. The molecule has 26 heavy (non-hydrogen) atoms. The summed E-state index contributed by atoms with van der Waals surface area (Å²) < 4.78 is 30.2. The van der Waals surface area contributed by atoms with E-state index in [0.29, 0.717) is 31.1 Å². The summed E-state index contributed by atoms with van der Waals surface area (Å²) in [7, 11) is -3.41. The molecule has 0 saturated carbocycles. The predicted molar refractivity (Wildman–Crippen MR) is 108 cm³/mol. The molecule has 0 bridgehead atoms. The minimum Gasteiger partial charge on any atom is -0.359 e. The highest BCUT2D eigenvalue weighted by atomic mass is 32.3. The number of piperazine rings is 1. The lowest BCUT2D eigenvalue weighted by atomic mass is 10.2. The molecule has 138 valence electrons. The number of nitrogens with one attached hydrogen (secondary N) is 3. The molecule has 1 aromatic heterocycles. The van der Waals surface area contributed by atoms with Gasteiger partial charge < -0.3 is 19.6 Å². The summed E-state index contributed by atoms with van der Waals surface area (Å²) in [5, 5.41) is 4.32. The van der Waals surface area contributed by atoms with Gasteiger partial charge in [0.2, 0.25) is 0 Å². The number of nitrogens with zero attached hydrogens (tertiary/aromatic N) is 1. The molecule has 0 spiro atoms. The summed E-state index contributed by atoms with van der Waals surface area (Å²) >= 11 is 1.46. The van der Waals surface area contributed by atoms with Gasteiger partial charge in [-0.05, 0) is 48.3 Å². The molecule has 1 saturated heterocycles. The van der Waals surface area contributed by atoms with Crippen LogP contribution in [0.1, 0.15) is 0 Å². The highest BCUT2D eigenvalue weighted by Crippen LogP contribution is 2.56. The molecular weight excluding hydrogens is 371 g/mol. The molecule has 1 unspecified atom stereocenters. The first-order valence-electron chi connectivity index (χ1n) is 8.45. The van der Waals surface area contributed by atoms with E-state index < -0.39 is 10.9 Å². The summed E-state index contributed by atoms with van der Waals surface area (Å²) in [4.78, 5) is 4.52. The standard InChI is InChI=1S/C18H21FN4OS2/c19-26(24,23-12-10-20-11-13-23)16-6-4-15(5-7-16)25-22-17-3-1-2-14-8-9-21-18(14)17/h1-9,20-22,24H,10-13H2. The molecule has 5 nitrogen and oxygen atoms in total. The van der Waals surface area contributed by atoms with Gasteiger partial charge in [0, 0.05) is 42.7 Å². The van der Waals surface area contributed by atoms with Crippen molar-refractivity contribution in [1.82, 2.24) is 14.6 Å². The summed E-state index contributed by atoms with van der Waals surface area (Å²) in [6, 6.07) is 15.1. The third kappa shape index (κ3) is 3.56. The van der Waals surface area contributed by atoms with Gasteiger partial charge in [-0.1, -0.05) is 12.1 Å². The van der Waals surface area contributed by atoms with Gasteiger partial charge in [0.15, 0.2) is 0 Å². The van der Waals surface area contributed by atoms with Gasteiger partial charge in [-0.15, -0.1) is 3.89 Å². The number of anilines is 1. The van der Waals surface area contributed by atoms with Gasteiger partial charge >= 0.3 is 0 Å². The SMILES string of the molecule is OS(F)(c1ccc(SNc2cccc3cc[nH]c23)cc1)N1CCNCC1. The van der Waals surface area contributed by atoms with Gasteiger partial charge in [0.05, 0.1) is 16.1 Å². The lowest BCUT2D eigenvalue weighted by Gasteiger charge is -2.39. The highest BCUT2D eigenvalue weighted by Gasteiger charge is 2.32. The number of fused-ring (bicyclic) bond motifs is 1. The summed E-state index contributed by atoms with van der Waals surface area (Å²) in [5.41, 5.74) is 2.05. The molecule has 3 aromatic rings. The quantitative estimate of drug-likeness (QED) is 0.477. The Kier molecular flexibility index (Phi) is 5.10. The highest BCUT2D eigenvalue weighted by molar-refractivity contribution is 8.22. The van der Waals surface area contributed by atoms with E-state index >= 15 is 0 Å². The number of hydrogen-bond acceptors (Lipinski definition) is 5. The van der Waals surface area contributed by atoms with Crippen molar-refractivity contribution in [3.05, 3.63) is 54.7 Å². The number of rotatable bonds is 5. The van der Waals surface area contributed by atoms with Crippen LogP contribution in [-0.2, 0) is 0 Å². The third-order valence-corrected chi connectivity index (χ3v) is 7.16. The summed E-state index contributed by atoms with van der Waals surface area (Å²) in [6.07, 6.45) is 1.91. The number of aromatic amines is 1. The van der Waals surface area contributed by atoms with Crippen molar-refractivity contribution in [2.24, 2.45) is 0 Å². The first kappa shape index (κ1) is 17.7. The Labute approximate surface area is 158 Å². The van der Waals surface area contributed by atoms with Gasteiger partial charge in [-0.2, -0.15) is 0 Å². The summed E-state index contributed by atoms with van der Waals surface area (Å²) in [6.45, 7) is 2.42. The molecule has 1 aliphatic heterocycles. The number of halogens is 1. The van der Waals surface area contributed by atoms with Gasteiger partial charge in [0.25, 0.3) is 0 Å². The Morgan fingerprint density at radius 1 is 1.08 bits per heavy atom. The zero-order valence-corrected chi connectivity index (χ0v) is 15.7. The average Bonchev–Trinajstić information content (AvgIpc) is 3.17. The molecule has 0 radical (unpaired) electrons. The van der Waals surface area contributed by atoms with Crippen molar-refractivity contribution in [3.8, 4) is 0 Å². The van der Waals surface area contributed by atoms with E-state index in [1.54, 1.807) is 12.1 Å². The lowest BCUT2D eigenvalue weighted by Crippen LogP contribution is -2.43. The van der Waals surface area contributed by atoms with Crippen LogP contribution in [0.15, 0.2) is 64.5 Å². The maximum absolute atomic E-state index is 14.9. The first-order valence-corrected chi connectivity index (χ1v) is 10.7. The van der Waals surface area contributed by atoms with E-state index in [-0.39, 0.29) is 0 Å². The molecule has 0 aliphatic carbocycles. The maximum Gasteiger partial charge on any atom is 0.105 e. The van der Waals surface area contributed by atoms with Gasteiger partial charge in [-0.3, -0.25) is 0 Å². The first-order chi connectivity index (χ1) is 12.6. The smallest absolute Gasteiger partial charge is 0.105 e. The second kappa shape index (κ2) is 7.50. The molecule has 0 amide bonds. The van der Waals surface area contributed by atoms with E-state index in [0.717, 1.165) is 21.5 Å². The average molecular weight is 393 g/mol. The van der Waals surface area contributed by atoms with Gasteiger partial charge in [-0.25, -0.2) is 4.31 Å². The minimum atomic E-state index is -3.41. The van der Waals surface area contributed by atoms with Crippen molar-refractivity contribution in [2.75, 3.05) is 30.9 Å². The second-order valence-electron chi connectivity index (χ2n) is 6.08. The van der Waals surface area contributed by atoms with Crippen molar-refractivity contribution >= 4 is 39.4 Å². The fourth-order valence-electron chi connectivity index (χ4n) is 3.00. The van der Waals surface area contributed by atoms with E-state index in [2.05, 4.69) is 21.1 Å². The van der Waals surface area contributed by atoms with Crippen molar-refractivity contribution in [2.45, 2.75) is 9.79 Å². The molecular formula is C18H21FN4OS2. The molecule has 1 atom stereocenters. The third-order valence-electron chi connectivity index (χ3n) is 4.41. The number of benzene rings is 2. The second-order valence-corrected chi connectivity index (χ2v) is 8.91. The molecule has 4 rings (SSSR count). The van der Waals surface area contributed by atoms with Crippen LogP contribution in [0.25, 0.3) is 10.9 Å². The van der Waals surface area contributed by atoms with Crippen LogP contribution in [0.4, 0.5) is 9.57 Å². The Balaban J connectivity index is 1.45. The van der Waals surface area contributed by atoms with Crippen LogP contribution in [0.5, 0.6) is 0 Å². The lowest BCUT2D eigenvalue weighted by molar-refractivity contribution is 0.339.